The summed E-state index contributed by atoms with van der Waals surface area (Å²) < 4.78 is 22.9. The minimum Gasteiger partial charge on any atom is -0.309 e. The molecule has 0 spiro atoms. The molecule has 5 nitrogen and oxygen atoms in total. The van der Waals surface area contributed by atoms with Gasteiger partial charge in [-0.3, -0.25) is 0 Å². The van der Waals surface area contributed by atoms with Gasteiger partial charge in [0.25, 0.3) is 0 Å². The quantitative estimate of drug-likeness (QED) is 0.626. The molecule has 1 heterocycles. The molecule has 1 saturated heterocycles. The van der Waals surface area contributed by atoms with E-state index in [9.17, 15) is 8.42 Å². The zero-order valence-electron chi connectivity index (χ0n) is 9.56. The normalized spacial score (nSPS) is 20.3. The SMILES string of the molecule is CN(C)CCCN1CCN([SH](=O)=O)CC1. The Hall–Kier alpha value is -0.170. The summed E-state index contributed by atoms with van der Waals surface area (Å²) in [6.45, 7) is 5.21. The molecule has 1 aliphatic heterocycles. The smallest absolute Gasteiger partial charge is 0.204 e. The van der Waals surface area contributed by atoms with Crippen molar-refractivity contribution in [3.05, 3.63) is 0 Å². The molecule has 0 aliphatic carbocycles. The van der Waals surface area contributed by atoms with E-state index in [4.69, 9.17) is 0 Å². The van der Waals surface area contributed by atoms with Crippen LogP contribution in [0.15, 0.2) is 0 Å². The third-order valence-corrected chi connectivity index (χ3v) is 3.52. The van der Waals surface area contributed by atoms with E-state index >= 15 is 0 Å². The molecule has 0 N–H and O–H groups in total. The first-order chi connectivity index (χ1) is 7.09. The highest BCUT2D eigenvalue weighted by atomic mass is 32.2. The lowest BCUT2D eigenvalue weighted by molar-refractivity contribution is 0.184. The monoisotopic (exact) mass is 235 g/mol. The van der Waals surface area contributed by atoms with E-state index in [0.29, 0.717) is 13.1 Å². The molecular formula is C9H21N3O2S. The van der Waals surface area contributed by atoms with Crippen LogP contribution in [0.4, 0.5) is 0 Å². The lowest BCUT2D eigenvalue weighted by atomic mass is 10.3. The summed E-state index contributed by atoms with van der Waals surface area (Å²) in [4.78, 5) is 4.50. The molecule has 1 aliphatic rings. The maximum atomic E-state index is 10.7. The molecule has 90 valence electrons. The maximum absolute atomic E-state index is 10.7. The van der Waals surface area contributed by atoms with E-state index in [1.165, 1.54) is 4.31 Å². The topological polar surface area (TPSA) is 43.9 Å². The van der Waals surface area contributed by atoms with Crippen LogP contribution < -0.4 is 0 Å². The van der Waals surface area contributed by atoms with Crippen molar-refractivity contribution in [2.75, 3.05) is 53.4 Å². The first-order valence-electron chi connectivity index (χ1n) is 5.36. The summed E-state index contributed by atoms with van der Waals surface area (Å²) in [6, 6.07) is 0. The van der Waals surface area contributed by atoms with E-state index < -0.39 is 10.9 Å². The molecule has 1 fully saturated rings. The van der Waals surface area contributed by atoms with Crippen molar-refractivity contribution in [1.29, 1.82) is 0 Å². The van der Waals surface area contributed by atoms with Crippen LogP contribution in [0.25, 0.3) is 0 Å². The Labute approximate surface area is 93.7 Å². The van der Waals surface area contributed by atoms with Crippen molar-refractivity contribution in [3.8, 4) is 0 Å². The molecule has 0 amide bonds. The number of piperazine rings is 1. The number of thiol groups is 1. The lowest BCUT2D eigenvalue weighted by Crippen LogP contribution is -2.46. The average molecular weight is 235 g/mol. The number of hydrogen-bond donors (Lipinski definition) is 1. The van der Waals surface area contributed by atoms with Gasteiger partial charge in [-0.2, -0.15) is 0 Å². The molecular weight excluding hydrogens is 214 g/mol. The van der Waals surface area contributed by atoms with E-state index in [1.54, 1.807) is 0 Å². The fraction of sp³-hybridized carbons (Fsp3) is 1.00. The summed E-state index contributed by atoms with van der Waals surface area (Å²) in [5.41, 5.74) is 0. The van der Waals surface area contributed by atoms with Gasteiger partial charge in [0, 0.05) is 26.2 Å². The molecule has 0 aromatic rings. The van der Waals surface area contributed by atoms with Crippen LogP contribution in [-0.2, 0) is 10.9 Å². The standard InChI is InChI=1S/C9H21N3O2S/c1-10(2)4-3-5-11-6-8-12(9-7-11)15(13)14/h15H,3-9H2,1-2H3. The molecule has 0 saturated carbocycles. The second-order valence-electron chi connectivity index (χ2n) is 4.19. The minimum absolute atomic E-state index is 0.653. The summed E-state index contributed by atoms with van der Waals surface area (Å²) in [6.07, 6.45) is 1.15. The predicted molar refractivity (Wildman–Crippen MR) is 61.5 cm³/mol. The molecule has 0 aromatic carbocycles. The average Bonchev–Trinajstić information content (AvgIpc) is 2.18. The van der Waals surface area contributed by atoms with Gasteiger partial charge in [0.05, 0.1) is 0 Å². The van der Waals surface area contributed by atoms with Crippen molar-refractivity contribution in [3.63, 3.8) is 0 Å². The Kier molecular flexibility index (Phi) is 5.52. The minimum atomic E-state index is -2.36. The van der Waals surface area contributed by atoms with Crippen LogP contribution in [0.1, 0.15) is 6.42 Å². The van der Waals surface area contributed by atoms with Gasteiger partial charge in [0.1, 0.15) is 0 Å². The van der Waals surface area contributed by atoms with Crippen molar-refractivity contribution in [1.82, 2.24) is 14.1 Å². The Morgan fingerprint density at radius 1 is 1.13 bits per heavy atom. The van der Waals surface area contributed by atoms with Crippen LogP contribution >= 0.6 is 0 Å². The highest BCUT2D eigenvalue weighted by molar-refractivity contribution is 7.69. The van der Waals surface area contributed by atoms with Gasteiger partial charge in [-0.1, -0.05) is 0 Å². The van der Waals surface area contributed by atoms with E-state index in [2.05, 4.69) is 23.9 Å². The zero-order chi connectivity index (χ0) is 11.3. The maximum Gasteiger partial charge on any atom is 0.204 e. The Morgan fingerprint density at radius 2 is 1.73 bits per heavy atom. The fourth-order valence-electron chi connectivity index (χ4n) is 1.73. The fourth-order valence-corrected chi connectivity index (χ4v) is 2.24. The van der Waals surface area contributed by atoms with Gasteiger partial charge < -0.3 is 9.80 Å². The predicted octanol–water partition coefficient (Wildman–Crippen LogP) is -0.918. The molecule has 0 atom stereocenters. The van der Waals surface area contributed by atoms with Gasteiger partial charge in [-0.05, 0) is 33.6 Å². The molecule has 1 rings (SSSR count). The van der Waals surface area contributed by atoms with E-state index in [0.717, 1.165) is 32.6 Å². The lowest BCUT2D eigenvalue weighted by Gasteiger charge is -2.31. The van der Waals surface area contributed by atoms with Crippen LogP contribution in [0.2, 0.25) is 0 Å². The third kappa shape index (κ3) is 4.92. The number of rotatable bonds is 5. The van der Waals surface area contributed by atoms with Crippen LogP contribution in [0.3, 0.4) is 0 Å². The first kappa shape index (κ1) is 12.9. The molecule has 0 radical (unpaired) electrons. The summed E-state index contributed by atoms with van der Waals surface area (Å²) >= 11 is 0. The second kappa shape index (κ2) is 6.42. The van der Waals surface area contributed by atoms with E-state index in [-0.39, 0.29) is 0 Å². The third-order valence-electron chi connectivity index (χ3n) is 2.66. The Bertz CT molecular complexity index is 240. The number of hydrogen-bond acceptors (Lipinski definition) is 4. The summed E-state index contributed by atoms with van der Waals surface area (Å²) in [5.74, 6) is 0. The van der Waals surface area contributed by atoms with Crippen LogP contribution in [0, 0.1) is 0 Å². The van der Waals surface area contributed by atoms with Crippen molar-refractivity contribution >= 4 is 10.9 Å². The highest BCUT2D eigenvalue weighted by Gasteiger charge is 2.17. The molecule has 0 aromatic heterocycles. The van der Waals surface area contributed by atoms with Crippen molar-refractivity contribution in [2.24, 2.45) is 0 Å². The van der Waals surface area contributed by atoms with Gasteiger partial charge >= 0.3 is 0 Å². The molecule has 0 bridgehead atoms. The Balaban J connectivity index is 2.15. The van der Waals surface area contributed by atoms with Gasteiger partial charge in [-0.15, -0.1) is 0 Å². The van der Waals surface area contributed by atoms with Gasteiger partial charge in [-0.25, -0.2) is 12.7 Å². The highest BCUT2D eigenvalue weighted by Crippen LogP contribution is 2.02. The second-order valence-corrected chi connectivity index (χ2v) is 5.23. The Morgan fingerprint density at radius 3 is 2.20 bits per heavy atom. The molecule has 6 heteroatoms. The zero-order valence-corrected chi connectivity index (χ0v) is 10.4. The van der Waals surface area contributed by atoms with Gasteiger partial charge in [0.15, 0.2) is 0 Å². The molecule has 0 unspecified atom stereocenters. The van der Waals surface area contributed by atoms with Crippen molar-refractivity contribution in [2.45, 2.75) is 6.42 Å². The summed E-state index contributed by atoms with van der Waals surface area (Å²) in [5, 5.41) is 0. The van der Waals surface area contributed by atoms with Gasteiger partial charge in [0.2, 0.25) is 10.9 Å². The largest absolute Gasteiger partial charge is 0.309 e. The van der Waals surface area contributed by atoms with Crippen LogP contribution in [0.5, 0.6) is 0 Å². The summed E-state index contributed by atoms with van der Waals surface area (Å²) in [7, 11) is 1.78. The van der Waals surface area contributed by atoms with E-state index in [1.807, 2.05) is 0 Å². The first-order valence-corrected chi connectivity index (χ1v) is 6.49. The molecule has 15 heavy (non-hydrogen) atoms. The van der Waals surface area contributed by atoms with Crippen molar-refractivity contribution < 1.29 is 8.42 Å². The number of nitrogens with zero attached hydrogens (tertiary/aromatic N) is 3. The van der Waals surface area contributed by atoms with Crippen LogP contribution in [-0.4, -0.2) is 75.9 Å².